The molecule has 0 unspecified atom stereocenters. The first kappa shape index (κ1) is 8.43. The molecule has 0 aliphatic rings. The molecule has 2 aromatic rings. The zero-order valence-corrected chi connectivity index (χ0v) is 7.27. The van der Waals surface area contributed by atoms with E-state index in [1.165, 1.54) is 6.20 Å². The summed E-state index contributed by atoms with van der Waals surface area (Å²) in [6.45, 7) is 0. The van der Waals surface area contributed by atoms with E-state index >= 15 is 0 Å². The zero-order valence-electron chi connectivity index (χ0n) is 7.27. The molecule has 5 nitrogen and oxygen atoms in total. The molecule has 70 valence electrons. The van der Waals surface area contributed by atoms with Crippen LogP contribution in [0.15, 0.2) is 35.3 Å². The third kappa shape index (κ3) is 1.61. The smallest absolute Gasteiger partial charge is 0.282 e. The van der Waals surface area contributed by atoms with E-state index in [1.54, 1.807) is 24.3 Å². The highest BCUT2D eigenvalue weighted by Gasteiger charge is 1.99. The number of benzene rings is 1. The normalized spacial score (nSPS) is 10.0. The molecule has 0 radical (unpaired) electrons. The maximum Gasteiger partial charge on any atom is 0.282 e. The van der Waals surface area contributed by atoms with Crippen LogP contribution in [0, 0.1) is 0 Å². The Morgan fingerprint density at radius 3 is 2.50 bits per heavy atom. The maximum atomic E-state index is 10.7. The van der Waals surface area contributed by atoms with E-state index in [2.05, 4.69) is 15.2 Å². The van der Waals surface area contributed by atoms with Crippen molar-refractivity contribution in [3.05, 3.63) is 40.8 Å². The van der Waals surface area contributed by atoms with Crippen LogP contribution >= 0.6 is 0 Å². The number of aromatic nitrogens is 3. The van der Waals surface area contributed by atoms with Crippen molar-refractivity contribution in [3.63, 3.8) is 0 Å². The lowest BCUT2D eigenvalue weighted by molar-refractivity contribution is 0.941. The van der Waals surface area contributed by atoms with Gasteiger partial charge >= 0.3 is 0 Å². The maximum absolute atomic E-state index is 10.7. The summed E-state index contributed by atoms with van der Waals surface area (Å²) in [5, 5.41) is 6.10. The number of rotatable bonds is 1. The summed E-state index contributed by atoms with van der Waals surface area (Å²) >= 11 is 0. The minimum atomic E-state index is -0.316. The minimum Gasteiger partial charge on any atom is -0.399 e. The van der Waals surface area contributed by atoms with Crippen LogP contribution in [-0.4, -0.2) is 15.2 Å². The number of hydrogen-bond donors (Lipinski definition) is 2. The number of hydrogen-bond acceptors (Lipinski definition) is 4. The molecule has 0 saturated carbocycles. The van der Waals surface area contributed by atoms with Crippen molar-refractivity contribution in [2.45, 2.75) is 0 Å². The van der Waals surface area contributed by atoms with Gasteiger partial charge in [-0.15, -0.1) is 0 Å². The van der Waals surface area contributed by atoms with Crippen molar-refractivity contribution in [3.8, 4) is 11.4 Å². The zero-order chi connectivity index (χ0) is 9.97. The molecule has 1 aromatic carbocycles. The summed E-state index contributed by atoms with van der Waals surface area (Å²) in [6.07, 6.45) is 1.19. The Bertz CT molecular complexity index is 468. The Morgan fingerprint density at radius 1 is 1.21 bits per heavy atom. The van der Waals surface area contributed by atoms with E-state index in [-0.39, 0.29) is 5.56 Å². The second-order valence-corrected chi connectivity index (χ2v) is 2.79. The molecule has 0 atom stereocenters. The topological polar surface area (TPSA) is 84.7 Å². The van der Waals surface area contributed by atoms with E-state index in [4.69, 9.17) is 5.73 Å². The van der Waals surface area contributed by atoms with E-state index in [9.17, 15) is 4.79 Å². The second kappa shape index (κ2) is 3.29. The fourth-order valence-corrected chi connectivity index (χ4v) is 1.06. The summed E-state index contributed by atoms with van der Waals surface area (Å²) in [5.41, 5.74) is 6.71. The number of aromatic amines is 1. The van der Waals surface area contributed by atoms with Crippen molar-refractivity contribution in [2.24, 2.45) is 0 Å². The molecule has 0 fully saturated rings. The number of anilines is 1. The quantitative estimate of drug-likeness (QED) is 0.635. The average Bonchev–Trinajstić information content (AvgIpc) is 2.21. The van der Waals surface area contributed by atoms with Crippen molar-refractivity contribution < 1.29 is 0 Å². The molecule has 5 heteroatoms. The lowest BCUT2D eigenvalue weighted by Gasteiger charge is -1.98. The van der Waals surface area contributed by atoms with Gasteiger partial charge in [-0.25, -0.2) is 10.1 Å². The van der Waals surface area contributed by atoms with Gasteiger partial charge in [0.25, 0.3) is 5.56 Å². The van der Waals surface area contributed by atoms with Crippen LogP contribution in [0.4, 0.5) is 5.69 Å². The van der Waals surface area contributed by atoms with Gasteiger partial charge in [-0.1, -0.05) is 0 Å². The molecule has 2 rings (SSSR count). The third-order valence-electron chi connectivity index (χ3n) is 1.74. The number of nitrogens with one attached hydrogen (secondary N) is 1. The molecule has 0 aliphatic carbocycles. The van der Waals surface area contributed by atoms with Crippen molar-refractivity contribution in [1.82, 2.24) is 15.2 Å². The van der Waals surface area contributed by atoms with Crippen LogP contribution in [0.25, 0.3) is 11.4 Å². The van der Waals surface area contributed by atoms with E-state index in [1.807, 2.05) is 0 Å². The first-order chi connectivity index (χ1) is 6.75. The van der Waals surface area contributed by atoms with Crippen molar-refractivity contribution in [2.75, 3.05) is 5.73 Å². The molecule has 0 bridgehead atoms. The first-order valence-electron chi connectivity index (χ1n) is 4.03. The Balaban J connectivity index is 2.44. The number of nitrogens with zero attached hydrogens (tertiary/aromatic N) is 2. The van der Waals surface area contributed by atoms with Gasteiger partial charge in [0.2, 0.25) is 0 Å². The van der Waals surface area contributed by atoms with E-state index < -0.39 is 0 Å². The number of nitrogen functional groups attached to an aromatic ring is 1. The van der Waals surface area contributed by atoms with Crippen LogP contribution in [0.3, 0.4) is 0 Å². The van der Waals surface area contributed by atoms with E-state index in [0.717, 1.165) is 5.56 Å². The van der Waals surface area contributed by atoms with Crippen LogP contribution in [0.5, 0.6) is 0 Å². The molecule has 14 heavy (non-hydrogen) atoms. The fraction of sp³-hybridized carbons (Fsp3) is 0. The molecule has 0 saturated heterocycles. The van der Waals surface area contributed by atoms with Gasteiger partial charge < -0.3 is 5.73 Å². The molecule has 1 aromatic heterocycles. The molecule has 1 heterocycles. The standard InChI is InChI=1S/C9H8N4O/c10-7-3-1-6(2-4-7)9-11-5-8(14)12-13-9/h1-5H,10H2,(H,12,14). The largest absolute Gasteiger partial charge is 0.399 e. The average molecular weight is 188 g/mol. The summed E-state index contributed by atoms with van der Waals surface area (Å²) in [6, 6.07) is 7.10. The number of H-pyrrole nitrogens is 1. The summed E-state index contributed by atoms with van der Waals surface area (Å²) < 4.78 is 0. The Morgan fingerprint density at radius 2 is 1.93 bits per heavy atom. The molecule has 0 amide bonds. The van der Waals surface area contributed by atoms with Crippen LogP contribution in [0.1, 0.15) is 0 Å². The summed E-state index contributed by atoms with van der Waals surface area (Å²) in [4.78, 5) is 14.6. The SMILES string of the molecule is Nc1ccc(-c2ncc(=O)[nH]n2)cc1. The first-order valence-corrected chi connectivity index (χ1v) is 4.03. The Labute approximate surface area is 79.6 Å². The molecular formula is C9H8N4O. The fourth-order valence-electron chi connectivity index (χ4n) is 1.06. The van der Waals surface area contributed by atoms with Gasteiger partial charge in [0, 0.05) is 11.3 Å². The molecule has 0 aliphatic heterocycles. The van der Waals surface area contributed by atoms with Crippen LogP contribution < -0.4 is 11.3 Å². The third-order valence-corrected chi connectivity index (χ3v) is 1.74. The van der Waals surface area contributed by atoms with Crippen LogP contribution in [-0.2, 0) is 0 Å². The lowest BCUT2D eigenvalue weighted by atomic mass is 10.2. The highest BCUT2D eigenvalue weighted by molar-refractivity contribution is 5.57. The predicted octanol–water partition coefficient (Wildman–Crippen LogP) is 0.414. The minimum absolute atomic E-state index is 0.316. The highest BCUT2D eigenvalue weighted by Crippen LogP contribution is 2.14. The van der Waals surface area contributed by atoms with E-state index in [0.29, 0.717) is 11.5 Å². The van der Waals surface area contributed by atoms with Gasteiger partial charge in [0.05, 0.1) is 6.20 Å². The Kier molecular flexibility index (Phi) is 1.98. The highest BCUT2D eigenvalue weighted by atomic mass is 16.1. The van der Waals surface area contributed by atoms with Crippen molar-refractivity contribution >= 4 is 5.69 Å². The summed E-state index contributed by atoms with van der Waals surface area (Å²) in [7, 11) is 0. The van der Waals surface area contributed by atoms with Gasteiger partial charge in [-0.3, -0.25) is 4.79 Å². The Hall–Kier alpha value is -2.17. The molecular weight excluding hydrogens is 180 g/mol. The van der Waals surface area contributed by atoms with Crippen LogP contribution in [0.2, 0.25) is 0 Å². The van der Waals surface area contributed by atoms with Gasteiger partial charge in [-0.2, -0.15) is 5.10 Å². The number of nitrogens with two attached hydrogens (primary N) is 1. The summed E-state index contributed by atoms with van der Waals surface area (Å²) in [5.74, 6) is 0.476. The van der Waals surface area contributed by atoms with Crippen molar-refractivity contribution in [1.29, 1.82) is 0 Å². The second-order valence-electron chi connectivity index (χ2n) is 2.79. The van der Waals surface area contributed by atoms with Gasteiger partial charge in [0.15, 0.2) is 5.82 Å². The lowest BCUT2D eigenvalue weighted by Crippen LogP contribution is -2.08. The molecule has 0 spiro atoms. The monoisotopic (exact) mass is 188 g/mol. The van der Waals surface area contributed by atoms with Gasteiger partial charge in [0.1, 0.15) is 0 Å². The van der Waals surface area contributed by atoms with Gasteiger partial charge in [-0.05, 0) is 24.3 Å². The molecule has 3 N–H and O–H groups in total. The predicted molar refractivity (Wildman–Crippen MR) is 52.5 cm³/mol.